The van der Waals surface area contributed by atoms with E-state index in [2.05, 4.69) is 4.74 Å². The third-order valence-electron chi connectivity index (χ3n) is 2.34. The average Bonchev–Trinajstić information content (AvgIpc) is 2.26. The van der Waals surface area contributed by atoms with Gasteiger partial charge in [0.1, 0.15) is 6.10 Å². The fourth-order valence-electron chi connectivity index (χ4n) is 1.38. The quantitative estimate of drug-likeness (QED) is 0.664. The molecule has 0 saturated carbocycles. The van der Waals surface area contributed by atoms with Gasteiger partial charge >= 0.3 is 12.4 Å². The second-order valence-electron chi connectivity index (χ2n) is 3.98. The van der Waals surface area contributed by atoms with E-state index in [0.29, 0.717) is 5.69 Å². The molecule has 0 heterocycles. The van der Waals surface area contributed by atoms with Gasteiger partial charge in [-0.1, -0.05) is 12.1 Å². The second-order valence-corrected chi connectivity index (χ2v) is 3.98. The molecule has 0 spiro atoms. The third-order valence-corrected chi connectivity index (χ3v) is 2.34. The van der Waals surface area contributed by atoms with E-state index in [9.17, 15) is 31.4 Å². The zero-order chi connectivity index (χ0) is 15.6. The van der Waals surface area contributed by atoms with Gasteiger partial charge in [0.05, 0.1) is 6.61 Å². The van der Waals surface area contributed by atoms with Crippen LogP contribution in [0.3, 0.4) is 0 Å². The molecule has 20 heavy (non-hydrogen) atoms. The number of anilines is 1. The average molecular weight is 303 g/mol. The van der Waals surface area contributed by atoms with Crippen molar-refractivity contribution in [1.29, 1.82) is 0 Å². The number of alkyl halides is 6. The van der Waals surface area contributed by atoms with Gasteiger partial charge in [0.25, 0.3) is 0 Å². The fraction of sp³-hybridized carbons (Fsp3) is 0.455. The lowest BCUT2D eigenvalue weighted by molar-refractivity contribution is -0.324. The van der Waals surface area contributed by atoms with E-state index in [1.54, 1.807) is 0 Å². The fourth-order valence-corrected chi connectivity index (χ4v) is 1.38. The standard InChI is InChI=1S/C11H11F6NO2/c12-10(13,14)9(11(15,16)17)20-5-8(19)6-1-3-7(18)4-2-6/h1-4,8-9,19H,5,18H2. The number of rotatable bonds is 4. The number of halogens is 6. The van der Waals surface area contributed by atoms with Crippen molar-refractivity contribution < 1.29 is 36.2 Å². The molecule has 0 aliphatic heterocycles. The van der Waals surface area contributed by atoms with Crippen LogP contribution in [0.15, 0.2) is 24.3 Å². The Morgan fingerprint density at radius 2 is 1.45 bits per heavy atom. The van der Waals surface area contributed by atoms with Crippen LogP contribution in [-0.2, 0) is 4.74 Å². The van der Waals surface area contributed by atoms with Gasteiger partial charge in [-0.15, -0.1) is 0 Å². The molecule has 0 aromatic heterocycles. The number of nitrogen functional groups attached to an aromatic ring is 1. The Bertz CT molecular complexity index is 414. The molecule has 114 valence electrons. The number of hydrogen-bond acceptors (Lipinski definition) is 3. The van der Waals surface area contributed by atoms with Crippen molar-refractivity contribution in [3.05, 3.63) is 29.8 Å². The molecular formula is C11H11F6NO2. The molecule has 0 amide bonds. The minimum Gasteiger partial charge on any atom is -0.399 e. The van der Waals surface area contributed by atoms with Gasteiger partial charge in [-0.25, -0.2) is 0 Å². The Labute approximate surface area is 109 Å². The maximum Gasteiger partial charge on any atom is 0.423 e. The van der Waals surface area contributed by atoms with Crippen LogP contribution in [0.2, 0.25) is 0 Å². The monoisotopic (exact) mass is 303 g/mol. The lowest BCUT2D eigenvalue weighted by atomic mass is 10.1. The van der Waals surface area contributed by atoms with E-state index in [1.165, 1.54) is 24.3 Å². The van der Waals surface area contributed by atoms with Gasteiger partial charge in [0, 0.05) is 5.69 Å². The molecule has 0 saturated heterocycles. The minimum absolute atomic E-state index is 0.0994. The Balaban J connectivity index is 2.71. The predicted octanol–water partition coefficient (Wildman–Crippen LogP) is 2.81. The summed E-state index contributed by atoms with van der Waals surface area (Å²) in [7, 11) is 0. The highest BCUT2D eigenvalue weighted by Gasteiger charge is 2.58. The number of aliphatic hydroxyl groups excluding tert-OH is 1. The van der Waals surface area contributed by atoms with E-state index in [0.717, 1.165) is 0 Å². The van der Waals surface area contributed by atoms with Gasteiger partial charge in [-0.05, 0) is 17.7 Å². The molecule has 9 heteroatoms. The van der Waals surface area contributed by atoms with Crippen LogP contribution >= 0.6 is 0 Å². The normalized spacial score (nSPS) is 14.6. The van der Waals surface area contributed by atoms with E-state index >= 15 is 0 Å². The van der Waals surface area contributed by atoms with Gasteiger partial charge in [-0.3, -0.25) is 0 Å². The summed E-state index contributed by atoms with van der Waals surface area (Å²) in [5, 5.41) is 9.49. The van der Waals surface area contributed by atoms with Crippen molar-refractivity contribution in [2.75, 3.05) is 12.3 Å². The molecular weight excluding hydrogens is 292 g/mol. The van der Waals surface area contributed by atoms with Crippen molar-refractivity contribution in [1.82, 2.24) is 0 Å². The van der Waals surface area contributed by atoms with Crippen LogP contribution in [-0.4, -0.2) is 30.2 Å². The summed E-state index contributed by atoms with van der Waals surface area (Å²) in [4.78, 5) is 0. The van der Waals surface area contributed by atoms with Crippen LogP contribution in [0.5, 0.6) is 0 Å². The van der Waals surface area contributed by atoms with Crippen molar-refractivity contribution >= 4 is 5.69 Å². The molecule has 0 bridgehead atoms. The molecule has 3 nitrogen and oxygen atoms in total. The predicted molar refractivity (Wildman–Crippen MR) is 57.7 cm³/mol. The first-order valence-corrected chi connectivity index (χ1v) is 5.30. The molecule has 1 aromatic rings. The smallest absolute Gasteiger partial charge is 0.399 e. The topological polar surface area (TPSA) is 55.5 Å². The van der Waals surface area contributed by atoms with E-state index in [4.69, 9.17) is 5.73 Å². The molecule has 1 unspecified atom stereocenters. The molecule has 0 aliphatic carbocycles. The van der Waals surface area contributed by atoms with Crippen molar-refractivity contribution in [3.63, 3.8) is 0 Å². The summed E-state index contributed by atoms with van der Waals surface area (Å²) in [6.07, 6.45) is -16.8. The summed E-state index contributed by atoms with van der Waals surface area (Å²) in [5.74, 6) is 0. The highest BCUT2D eigenvalue weighted by molar-refractivity contribution is 5.39. The first-order chi connectivity index (χ1) is 9.01. The van der Waals surface area contributed by atoms with Crippen LogP contribution in [0, 0.1) is 0 Å². The minimum atomic E-state index is -5.60. The highest BCUT2D eigenvalue weighted by Crippen LogP contribution is 2.36. The van der Waals surface area contributed by atoms with Crippen molar-refractivity contribution in [2.45, 2.75) is 24.6 Å². The highest BCUT2D eigenvalue weighted by atomic mass is 19.4. The Kier molecular flexibility index (Phi) is 4.87. The number of nitrogens with two attached hydrogens (primary N) is 1. The van der Waals surface area contributed by atoms with E-state index < -0.39 is 31.2 Å². The molecule has 1 atom stereocenters. The summed E-state index contributed by atoms with van der Waals surface area (Å²) in [6, 6.07) is 5.26. The van der Waals surface area contributed by atoms with Crippen molar-refractivity contribution in [2.24, 2.45) is 0 Å². The van der Waals surface area contributed by atoms with Gasteiger partial charge < -0.3 is 15.6 Å². The molecule has 0 aliphatic rings. The van der Waals surface area contributed by atoms with Crippen LogP contribution in [0.1, 0.15) is 11.7 Å². The summed E-state index contributed by atoms with van der Waals surface area (Å²) in [5.41, 5.74) is 5.79. The maximum atomic E-state index is 12.2. The summed E-state index contributed by atoms with van der Waals surface area (Å²) in [6.45, 7) is -1.15. The lowest BCUT2D eigenvalue weighted by Crippen LogP contribution is -2.45. The van der Waals surface area contributed by atoms with Crippen LogP contribution < -0.4 is 5.73 Å². The Morgan fingerprint density at radius 3 is 1.85 bits per heavy atom. The zero-order valence-electron chi connectivity index (χ0n) is 9.87. The second kappa shape index (κ2) is 5.88. The molecule has 0 fully saturated rings. The Hall–Kier alpha value is -1.48. The number of aliphatic hydroxyl groups is 1. The van der Waals surface area contributed by atoms with Gasteiger partial charge in [0.2, 0.25) is 6.10 Å². The SMILES string of the molecule is Nc1ccc(C(O)COC(C(F)(F)F)C(F)(F)F)cc1. The first-order valence-electron chi connectivity index (χ1n) is 5.30. The largest absolute Gasteiger partial charge is 0.423 e. The Morgan fingerprint density at radius 1 is 1.00 bits per heavy atom. The third kappa shape index (κ3) is 4.57. The molecule has 0 radical (unpaired) electrons. The zero-order valence-corrected chi connectivity index (χ0v) is 9.87. The van der Waals surface area contributed by atoms with E-state index in [1.807, 2.05) is 0 Å². The summed E-state index contributed by atoms with van der Waals surface area (Å²) >= 11 is 0. The van der Waals surface area contributed by atoms with E-state index in [-0.39, 0.29) is 5.56 Å². The van der Waals surface area contributed by atoms with Crippen LogP contribution in [0.25, 0.3) is 0 Å². The molecule has 3 N–H and O–H groups in total. The lowest BCUT2D eigenvalue weighted by Gasteiger charge is -2.24. The van der Waals surface area contributed by atoms with Gasteiger partial charge in [-0.2, -0.15) is 26.3 Å². The number of benzene rings is 1. The number of hydrogen-bond donors (Lipinski definition) is 2. The summed E-state index contributed by atoms with van der Waals surface area (Å²) < 4.78 is 76.9. The first kappa shape index (κ1) is 16.6. The molecule has 1 aromatic carbocycles. The van der Waals surface area contributed by atoms with Crippen LogP contribution in [0.4, 0.5) is 32.0 Å². The van der Waals surface area contributed by atoms with Crippen molar-refractivity contribution in [3.8, 4) is 0 Å². The number of ether oxygens (including phenoxy) is 1. The van der Waals surface area contributed by atoms with Gasteiger partial charge in [0.15, 0.2) is 0 Å². The maximum absolute atomic E-state index is 12.2. The molecule has 1 rings (SSSR count).